The number of aryl methyl sites for hydroxylation is 1. The van der Waals surface area contributed by atoms with Crippen LogP contribution in [-0.2, 0) is 6.54 Å². The number of benzene rings is 2. The van der Waals surface area contributed by atoms with E-state index in [9.17, 15) is 4.79 Å². The van der Waals surface area contributed by atoms with E-state index < -0.39 is 0 Å². The minimum Gasteiger partial charge on any atom is -0.493 e. The molecule has 0 bridgehead atoms. The maximum Gasteiger partial charge on any atom is 0.251 e. The minimum absolute atomic E-state index is 0.201. The summed E-state index contributed by atoms with van der Waals surface area (Å²) in [5.74, 6) is 1.61. The highest BCUT2D eigenvalue weighted by Gasteiger charge is 2.11. The van der Waals surface area contributed by atoms with E-state index in [2.05, 4.69) is 15.3 Å². The van der Waals surface area contributed by atoms with Crippen molar-refractivity contribution >= 4 is 16.9 Å². The van der Waals surface area contributed by atoms with Gasteiger partial charge in [0.05, 0.1) is 31.8 Å². The third kappa shape index (κ3) is 3.17. The zero-order valence-corrected chi connectivity index (χ0v) is 13.8. The lowest BCUT2D eigenvalue weighted by atomic mass is 10.2. The number of fused-ring (bicyclic) bond motifs is 1. The standard InChI is InChI=1S/C18H19N3O3/c1-11-4-6-13-14(8-11)21-17(20-13)10-19-18(22)12-5-7-15(23-2)16(9-12)24-3/h4-9H,10H2,1-3H3,(H,19,22)(H,20,21). The largest absolute Gasteiger partial charge is 0.493 e. The number of hydrogen-bond donors (Lipinski definition) is 2. The molecule has 24 heavy (non-hydrogen) atoms. The van der Waals surface area contributed by atoms with Gasteiger partial charge in [-0.3, -0.25) is 4.79 Å². The predicted octanol–water partition coefficient (Wildman–Crippen LogP) is 2.82. The summed E-state index contributed by atoms with van der Waals surface area (Å²) in [5, 5.41) is 2.85. The molecule has 0 fully saturated rings. The van der Waals surface area contributed by atoms with Crippen LogP contribution < -0.4 is 14.8 Å². The van der Waals surface area contributed by atoms with Crippen molar-refractivity contribution in [3.63, 3.8) is 0 Å². The number of carbonyl (C=O) groups is 1. The Morgan fingerprint density at radius 3 is 2.67 bits per heavy atom. The van der Waals surface area contributed by atoms with E-state index >= 15 is 0 Å². The minimum atomic E-state index is -0.201. The van der Waals surface area contributed by atoms with Crippen molar-refractivity contribution in [2.75, 3.05) is 14.2 Å². The van der Waals surface area contributed by atoms with Gasteiger partial charge in [-0.1, -0.05) is 6.07 Å². The van der Waals surface area contributed by atoms with Crippen molar-refractivity contribution in [3.05, 3.63) is 53.3 Å². The summed E-state index contributed by atoms with van der Waals surface area (Å²) in [5.41, 5.74) is 3.51. The second-order valence-electron chi connectivity index (χ2n) is 5.46. The molecule has 0 unspecified atom stereocenters. The maximum atomic E-state index is 12.3. The number of nitrogens with zero attached hydrogens (tertiary/aromatic N) is 1. The second-order valence-corrected chi connectivity index (χ2v) is 5.46. The number of aromatic amines is 1. The van der Waals surface area contributed by atoms with Crippen LogP contribution in [0.15, 0.2) is 36.4 Å². The SMILES string of the molecule is COc1ccc(C(=O)NCc2nc3ccc(C)cc3[nH]2)cc1OC. The fourth-order valence-electron chi connectivity index (χ4n) is 2.50. The Bertz CT molecular complexity index is 886. The number of methoxy groups -OCH3 is 2. The van der Waals surface area contributed by atoms with Gasteiger partial charge in [0.15, 0.2) is 11.5 Å². The molecule has 0 radical (unpaired) electrons. The summed E-state index contributed by atoms with van der Waals surface area (Å²) < 4.78 is 10.4. The number of amides is 1. The summed E-state index contributed by atoms with van der Waals surface area (Å²) in [6, 6.07) is 11.0. The summed E-state index contributed by atoms with van der Waals surface area (Å²) in [6.07, 6.45) is 0. The molecule has 1 heterocycles. The fourth-order valence-corrected chi connectivity index (χ4v) is 2.50. The Morgan fingerprint density at radius 1 is 1.12 bits per heavy atom. The van der Waals surface area contributed by atoms with E-state index in [1.807, 2.05) is 25.1 Å². The first kappa shape index (κ1) is 15.9. The van der Waals surface area contributed by atoms with Crippen molar-refractivity contribution in [1.82, 2.24) is 15.3 Å². The van der Waals surface area contributed by atoms with Gasteiger partial charge in [0.2, 0.25) is 0 Å². The molecule has 6 nitrogen and oxygen atoms in total. The molecule has 0 saturated carbocycles. The molecule has 0 aliphatic rings. The molecule has 2 aromatic carbocycles. The van der Waals surface area contributed by atoms with Crippen LogP contribution in [0.25, 0.3) is 11.0 Å². The topological polar surface area (TPSA) is 76.2 Å². The quantitative estimate of drug-likeness (QED) is 0.756. The zero-order valence-electron chi connectivity index (χ0n) is 13.8. The smallest absolute Gasteiger partial charge is 0.251 e. The van der Waals surface area contributed by atoms with Crippen molar-refractivity contribution < 1.29 is 14.3 Å². The van der Waals surface area contributed by atoms with Crippen molar-refractivity contribution in [1.29, 1.82) is 0 Å². The fraction of sp³-hybridized carbons (Fsp3) is 0.222. The van der Waals surface area contributed by atoms with E-state index in [1.54, 1.807) is 25.3 Å². The molecule has 1 amide bonds. The Hall–Kier alpha value is -3.02. The molecule has 0 saturated heterocycles. The van der Waals surface area contributed by atoms with Crippen LogP contribution in [0.5, 0.6) is 11.5 Å². The van der Waals surface area contributed by atoms with E-state index in [1.165, 1.54) is 7.11 Å². The molecule has 124 valence electrons. The number of carbonyl (C=O) groups excluding carboxylic acids is 1. The van der Waals surface area contributed by atoms with Gasteiger partial charge < -0.3 is 19.8 Å². The normalized spacial score (nSPS) is 10.6. The highest BCUT2D eigenvalue weighted by molar-refractivity contribution is 5.94. The molecular weight excluding hydrogens is 306 g/mol. The third-order valence-corrected chi connectivity index (χ3v) is 3.75. The highest BCUT2D eigenvalue weighted by Crippen LogP contribution is 2.27. The lowest BCUT2D eigenvalue weighted by Crippen LogP contribution is -2.23. The number of imidazole rings is 1. The van der Waals surface area contributed by atoms with E-state index in [4.69, 9.17) is 9.47 Å². The van der Waals surface area contributed by atoms with Crippen molar-refractivity contribution in [2.24, 2.45) is 0 Å². The van der Waals surface area contributed by atoms with Gasteiger partial charge in [-0.2, -0.15) is 0 Å². The molecule has 3 rings (SSSR count). The number of ether oxygens (including phenoxy) is 2. The van der Waals surface area contributed by atoms with Gasteiger partial charge in [0.25, 0.3) is 5.91 Å². The Balaban J connectivity index is 1.72. The number of hydrogen-bond acceptors (Lipinski definition) is 4. The summed E-state index contributed by atoms with van der Waals surface area (Å²) in [7, 11) is 3.09. The van der Waals surface area contributed by atoms with Crippen LogP contribution in [0.3, 0.4) is 0 Å². The maximum absolute atomic E-state index is 12.3. The van der Waals surface area contributed by atoms with Crippen LogP contribution in [0.1, 0.15) is 21.7 Å². The van der Waals surface area contributed by atoms with Gasteiger partial charge >= 0.3 is 0 Å². The van der Waals surface area contributed by atoms with E-state index in [0.717, 1.165) is 16.6 Å². The Morgan fingerprint density at radius 2 is 1.92 bits per heavy atom. The Labute approximate surface area is 139 Å². The zero-order chi connectivity index (χ0) is 17.1. The average molecular weight is 325 g/mol. The highest BCUT2D eigenvalue weighted by atomic mass is 16.5. The molecule has 0 aliphatic carbocycles. The molecule has 3 aromatic rings. The van der Waals surface area contributed by atoms with Gasteiger partial charge in [0, 0.05) is 5.56 Å². The van der Waals surface area contributed by atoms with Gasteiger partial charge in [-0.15, -0.1) is 0 Å². The molecule has 1 aromatic heterocycles. The molecule has 0 spiro atoms. The third-order valence-electron chi connectivity index (χ3n) is 3.75. The molecular formula is C18H19N3O3. The first-order chi connectivity index (χ1) is 11.6. The number of H-pyrrole nitrogens is 1. The summed E-state index contributed by atoms with van der Waals surface area (Å²) >= 11 is 0. The van der Waals surface area contributed by atoms with Crippen LogP contribution in [0.4, 0.5) is 0 Å². The van der Waals surface area contributed by atoms with E-state index in [0.29, 0.717) is 29.4 Å². The van der Waals surface area contributed by atoms with Crippen LogP contribution >= 0.6 is 0 Å². The van der Waals surface area contributed by atoms with Crippen molar-refractivity contribution in [2.45, 2.75) is 13.5 Å². The van der Waals surface area contributed by atoms with Gasteiger partial charge in [-0.25, -0.2) is 4.98 Å². The lowest BCUT2D eigenvalue weighted by Gasteiger charge is -2.09. The van der Waals surface area contributed by atoms with Crippen LogP contribution in [0, 0.1) is 6.92 Å². The summed E-state index contributed by atoms with van der Waals surface area (Å²) in [4.78, 5) is 20.0. The Kier molecular flexibility index (Phi) is 4.37. The van der Waals surface area contributed by atoms with Crippen LogP contribution in [-0.4, -0.2) is 30.1 Å². The first-order valence-corrected chi connectivity index (χ1v) is 7.56. The van der Waals surface area contributed by atoms with E-state index in [-0.39, 0.29) is 5.91 Å². The summed E-state index contributed by atoms with van der Waals surface area (Å²) in [6.45, 7) is 2.35. The molecule has 0 aliphatic heterocycles. The molecule has 6 heteroatoms. The number of aromatic nitrogens is 2. The monoisotopic (exact) mass is 325 g/mol. The van der Waals surface area contributed by atoms with Gasteiger partial charge in [0.1, 0.15) is 5.82 Å². The average Bonchev–Trinajstić information content (AvgIpc) is 3.00. The first-order valence-electron chi connectivity index (χ1n) is 7.56. The lowest BCUT2D eigenvalue weighted by molar-refractivity contribution is 0.0949. The number of rotatable bonds is 5. The van der Waals surface area contributed by atoms with Gasteiger partial charge in [-0.05, 0) is 42.8 Å². The van der Waals surface area contributed by atoms with Crippen molar-refractivity contribution in [3.8, 4) is 11.5 Å². The molecule has 0 atom stereocenters. The second kappa shape index (κ2) is 6.62. The van der Waals surface area contributed by atoms with Crippen LogP contribution in [0.2, 0.25) is 0 Å². The predicted molar refractivity (Wildman–Crippen MR) is 91.5 cm³/mol. The number of nitrogens with one attached hydrogen (secondary N) is 2. The molecule has 2 N–H and O–H groups in total.